The van der Waals surface area contributed by atoms with Gasteiger partial charge in [-0.05, 0) is 50.5 Å². The second-order valence-electron chi connectivity index (χ2n) is 8.77. The van der Waals surface area contributed by atoms with Crippen LogP contribution in [0.5, 0.6) is 0 Å². The third-order valence-electron chi connectivity index (χ3n) is 5.99. The lowest BCUT2D eigenvalue weighted by molar-refractivity contribution is -0.121. The Morgan fingerprint density at radius 3 is 2.47 bits per heavy atom. The van der Waals surface area contributed by atoms with Crippen LogP contribution in [0.4, 0.5) is 11.4 Å². The summed E-state index contributed by atoms with van der Waals surface area (Å²) in [4.78, 5) is 28.8. The summed E-state index contributed by atoms with van der Waals surface area (Å²) in [6.07, 6.45) is 6.09. The number of hydrogen-bond acceptors (Lipinski definition) is 7. The second kappa shape index (κ2) is 11.0. The first-order chi connectivity index (χ1) is 16.1. The third kappa shape index (κ3) is 6.78. The van der Waals surface area contributed by atoms with Gasteiger partial charge in [0.2, 0.25) is 27.7 Å². The molecule has 3 N–H and O–H groups in total. The third-order valence-corrected chi connectivity index (χ3v) is 7.28. The first kappa shape index (κ1) is 25.7. The van der Waals surface area contributed by atoms with Crippen LogP contribution in [0.1, 0.15) is 76.1 Å². The molecule has 0 atom stereocenters. The predicted octanol–water partition coefficient (Wildman–Crippen LogP) is 3.40. The normalized spacial score (nSPS) is 15.9. The van der Waals surface area contributed by atoms with E-state index in [-0.39, 0.29) is 30.4 Å². The van der Waals surface area contributed by atoms with E-state index in [1.165, 1.54) is 6.92 Å². The second-order valence-corrected chi connectivity index (χ2v) is 10.8. The summed E-state index contributed by atoms with van der Waals surface area (Å²) in [5.74, 6) is 0.442. The van der Waals surface area contributed by atoms with Crippen LogP contribution < -0.4 is 15.4 Å². The lowest BCUT2D eigenvalue weighted by Crippen LogP contribution is -2.45. The van der Waals surface area contributed by atoms with Crippen LogP contribution in [-0.2, 0) is 31.6 Å². The number of nitrogens with zero attached hydrogens (tertiary/aromatic N) is 2. The number of carbonyl (C=O) groups is 2. The van der Waals surface area contributed by atoms with E-state index in [4.69, 9.17) is 4.52 Å². The number of nitrogens with one attached hydrogen (secondary N) is 3. The van der Waals surface area contributed by atoms with E-state index in [0.29, 0.717) is 28.7 Å². The highest BCUT2D eigenvalue weighted by molar-refractivity contribution is 7.92. The van der Waals surface area contributed by atoms with Crippen LogP contribution >= 0.6 is 0 Å². The fraction of sp³-hybridized carbons (Fsp3) is 0.565. The molecule has 1 aromatic carbocycles. The standard InChI is InChI=1S/C23H33N5O5S/c1-4-34(31,32)28-19-10-9-18(15-16(19)2)24-20(30)11-12-21-25-22(27-33-21)23(26-17(3)29)13-7-5-6-8-14-23/h9-10,15,28H,4-8,11-14H2,1-3H3,(H,24,30)(H,26,29). The molecule has 3 rings (SSSR count). The zero-order valence-electron chi connectivity index (χ0n) is 19.9. The molecule has 1 heterocycles. The summed E-state index contributed by atoms with van der Waals surface area (Å²) in [7, 11) is -3.37. The summed E-state index contributed by atoms with van der Waals surface area (Å²) in [6, 6.07) is 4.97. The van der Waals surface area contributed by atoms with Gasteiger partial charge in [0.1, 0.15) is 5.54 Å². The fourth-order valence-corrected chi connectivity index (χ4v) is 4.87. The zero-order valence-corrected chi connectivity index (χ0v) is 20.8. The van der Waals surface area contributed by atoms with Crippen molar-refractivity contribution in [3.05, 3.63) is 35.5 Å². The highest BCUT2D eigenvalue weighted by atomic mass is 32.2. The smallest absolute Gasteiger partial charge is 0.232 e. The molecule has 1 fully saturated rings. The number of amides is 2. The van der Waals surface area contributed by atoms with Gasteiger partial charge >= 0.3 is 0 Å². The topological polar surface area (TPSA) is 143 Å². The molecule has 0 radical (unpaired) electrons. The molecule has 186 valence electrons. The Kier molecular flexibility index (Phi) is 8.29. The minimum Gasteiger partial charge on any atom is -0.343 e. The lowest BCUT2D eigenvalue weighted by Gasteiger charge is -2.30. The van der Waals surface area contributed by atoms with Crippen molar-refractivity contribution >= 4 is 33.2 Å². The SMILES string of the molecule is CCS(=O)(=O)Nc1ccc(NC(=O)CCc2nc(C3(NC(C)=O)CCCCCC3)no2)cc1C. The van der Waals surface area contributed by atoms with Gasteiger partial charge in [-0.2, -0.15) is 4.98 Å². The number of benzene rings is 1. The summed E-state index contributed by atoms with van der Waals surface area (Å²) < 4.78 is 31.5. The molecule has 34 heavy (non-hydrogen) atoms. The van der Waals surface area contributed by atoms with Crippen molar-refractivity contribution in [2.24, 2.45) is 0 Å². The highest BCUT2D eigenvalue weighted by Gasteiger charge is 2.38. The Hall–Kier alpha value is -2.95. The van der Waals surface area contributed by atoms with E-state index in [0.717, 1.165) is 38.5 Å². The lowest BCUT2D eigenvalue weighted by atomic mass is 9.89. The molecule has 2 aromatic rings. The molecule has 10 nitrogen and oxygen atoms in total. The van der Waals surface area contributed by atoms with Crippen LogP contribution in [0.15, 0.2) is 22.7 Å². The maximum absolute atomic E-state index is 12.5. The highest BCUT2D eigenvalue weighted by Crippen LogP contribution is 2.34. The average molecular weight is 492 g/mol. The Morgan fingerprint density at radius 2 is 1.85 bits per heavy atom. The summed E-state index contributed by atoms with van der Waals surface area (Å²) in [5.41, 5.74) is 1.12. The van der Waals surface area contributed by atoms with Crippen LogP contribution in [0.25, 0.3) is 0 Å². The van der Waals surface area contributed by atoms with E-state index >= 15 is 0 Å². The molecule has 1 aliphatic carbocycles. The number of hydrogen-bond donors (Lipinski definition) is 3. The monoisotopic (exact) mass is 491 g/mol. The molecule has 1 aliphatic rings. The van der Waals surface area contributed by atoms with Crippen molar-refractivity contribution in [2.75, 3.05) is 15.8 Å². The zero-order chi connectivity index (χ0) is 24.8. The molecule has 0 saturated heterocycles. The van der Waals surface area contributed by atoms with Gasteiger partial charge in [-0.25, -0.2) is 8.42 Å². The minimum absolute atomic E-state index is 0.0196. The van der Waals surface area contributed by atoms with Gasteiger partial charge in [0, 0.05) is 25.5 Å². The number of aryl methyl sites for hydroxylation is 2. The van der Waals surface area contributed by atoms with E-state index in [9.17, 15) is 18.0 Å². The van der Waals surface area contributed by atoms with Crippen LogP contribution in [-0.4, -0.2) is 36.1 Å². The Morgan fingerprint density at radius 1 is 1.15 bits per heavy atom. The predicted molar refractivity (Wildman–Crippen MR) is 129 cm³/mol. The van der Waals surface area contributed by atoms with E-state index in [2.05, 4.69) is 25.5 Å². The molecule has 1 saturated carbocycles. The molecule has 11 heteroatoms. The summed E-state index contributed by atoms with van der Waals surface area (Å²) >= 11 is 0. The maximum atomic E-state index is 12.5. The number of aromatic nitrogens is 2. The van der Waals surface area contributed by atoms with Crippen molar-refractivity contribution in [2.45, 2.75) is 77.7 Å². The molecular weight excluding hydrogens is 458 g/mol. The van der Waals surface area contributed by atoms with Crippen molar-refractivity contribution in [3.63, 3.8) is 0 Å². The molecule has 0 unspecified atom stereocenters. The molecule has 2 amide bonds. The number of rotatable bonds is 9. The largest absolute Gasteiger partial charge is 0.343 e. The first-order valence-corrected chi connectivity index (χ1v) is 13.3. The van der Waals surface area contributed by atoms with Crippen LogP contribution in [0.3, 0.4) is 0 Å². The van der Waals surface area contributed by atoms with E-state index in [1.54, 1.807) is 32.0 Å². The minimum atomic E-state index is -3.37. The quantitative estimate of drug-likeness (QED) is 0.456. The molecular formula is C23H33N5O5S. The van der Waals surface area contributed by atoms with Gasteiger partial charge in [-0.1, -0.05) is 30.8 Å². The van der Waals surface area contributed by atoms with Crippen molar-refractivity contribution in [3.8, 4) is 0 Å². The van der Waals surface area contributed by atoms with Crippen molar-refractivity contribution in [1.29, 1.82) is 0 Å². The number of anilines is 2. The Bertz CT molecular complexity index is 1120. The van der Waals surface area contributed by atoms with Crippen molar-refractivity contribution in [1.82, 2.24) is 15.5 Å². The number of carbonyl (C=O) groups excluding carboxylic acids is 2. The summed E-state index contributed by atoms with van der Waals surface area (Å²) in [5, 5.41) is 9.99. The molecule has 0 bridgehead atoms. The van der Waals surface area contributed by atoms with Gasteiger partial charge in [0.25, 0.3) is 0 Å². The fourth-order valence-electron chi connectivity index (χ4n) is 4.16. The molecule has 0 spiro atoms. The van der Waals surface area contributed by atoms with Gasteiger partial charge in [-0.3, -0.25) is 14.3 Å². The molecule has 1 aromatic heterocycles. The van der Waals surface area contributed by atoms with Crippen molar-refractivity contribution < 1.29 is 22.5 Å². The Labute approximate surface area is 200 Å². The maximum Gasteiger partial charge on any atom is 0.232 e. The van der Waals surface area contributed by atoms with Gasteiger partial charge in [0.15, 0.2) is 5.82 Å². The van der Waals surface area contributed by atoms with Gasteiger partial charge in [-0.15, -0.1) is 0 Å². The van der Waals surface area contributed by atoms with Gasteiger partial charge < -0.3 is 15.2 Å². The summed E-state index contributed by atoms with van der Waals surface area (Å²) in [6.45, 7) is 4.82. The van der Waals surface area contributed by atoms with Crippen LogP contribution in [0, 0.1) is 6.92 Å². The van der Waals surface area contributed by atoms with E-state index < -0.39 is 15.6 Å². The number of sulfonamides is 1. The molecule has 0 aliphatic heterocycles. The average Bonchev–Trinajstić information content (AvgIpc) is 3.14. The van der Waals surface area contributed by atoms with E-state index in [1.807, 2.05) is 0 Å². The van der Waals surface area contributed by atoms with Crippen LogP contribution in [0.2, 0.25) is 0 Å². The Balaban J connectivity index is 1.60. The van der Waals surface area contributed by atoms with Gasteiger partial charge in [0.05, 0.1) is 11.4 Å². The first-order valence-electron chi connectivity index (χ1n) is 11.7.